The number of carbonyl (C=O) groups is 1. The SMILES string of the molecule is Cc1ccc(Br)c(C(=O)c2c[nH]c3cc(F)ccc23)c1. The summed E-state index contributed by atoms with van der Waals surface area (Å²) in [6, 6.07) is 10.0. The second-order valence-electron chi connectivity index (χ2n) is 4.70. The highest BCUT2D eigenvalue weighted by Crippen LogP contribution is 2.26. The lowest BCUT2D eigenvalue weighted by atomic mass is 10.0. The molecular formula is C16H11BrFNO. The van der Waals surface area contributed by atoms with Crippen molar-refractivity contribution in [2.45, 2.75) is 6.92 Å². The van der Waals surface area contributed by atoms with E-state index >= 15 is 0 Å². The van der Waals surface area contributed by atoms with Gasteiger partial charge in [-0.2, -0.15) is 0 Å². The summed E-state index contributed by atoms with van der Waals surface area (Å²) in [5.74, 6) is -0.409. The maximum atomic E-state index is 13.2. The first kappa shape index (κ1) is 13.1. The molecule has 4 heteroatoms. The van der Waals surface area contributed by atoms with Crippen LogP contribution in [0, 0.1) is 12.7 Å². The van der Waals surface area contributed by atoms with Crippen molar-refractivity contribution >= 4 is 32.6 Å². The van der Waals surface area contributed by atoms with Gasteiger partial charge in [-0.15, -0.1) is 0 Å². The number of halogens is 2. The van der Waals surface area contributed by atoms with Gasteiger partial charge in [0.2, 0.25) is 0 Å². The molecule has 0 aliphatic rings. The quantitative estimate of drug-likeness (QED) is 0.683. The minimum Gasteiger partial charge on any atom is -0.360 e. The third-order valence-electron chi connectivity index (χ3n) is 3.25. The molecule has 100 valence electrons. The molecule has 1 N–H and O–H groups in total. The lowest BCUT2D eigenvalue weighted by molar-refractivity contribution is 0.103. The Bertz CT molecular complexity index is 822. The van der Waals surface area contributed by atoms with Crippen molar-refractivity contribution in [2.75, 3.05) is 0 Å². The molecule has 0 bridgehead atoms. The number of benzene rings is 2. The van der Waals surface area contributed by atoms with E-state index in [0.29, 0.717) is 16.6 Å². The molecule has 0 saturated carbocycles. The van der Waals surface area contributed by atoms with Gasteiger partial charge in [-0.05, 0) is 37.3 Å². The van der Waals surface area contributed by atoms with Crippen LogP contribution in [0.25, 0.3) is 10.9 Å². The zero-order valence-corrected chi connectivity index (χ0v) is 12.3. The summed E-state index contributed by atoms with van der Waals surface area (Å²) in [7, 11) is 0. The lowest BCUT2D eigenvalue weighted by Crippen LogP contribution is -2.02. The van der Waals surface area contributed by atoms with E-state index in [-0.39, 0.29) is 11.6 Å². The van der Waals surface area contributed by atoms with Crippen LogP contribution >= 0.6 is 15.9 Å². The first-order valence-corrected chi connectivity index (χ1v) is 6.93. The number of aromatic nitrogens is 1. The van der Waals surface area contributed by atoms with Gasteiger partial charge in [0.1, 0.15) is 5.82 Å². The number of rotatable bonds is 2. The van der Waals surface area contributed by atoms with Crippen LogP contribution in [0.4, 0.5) is 4.39 Å². The normalized spacial score (nSPS) is 10.9. The summed E-state index contributed by atoms with van der Waals surface area (Å²) < 4.78 is 13.9. The van der Waals surface area contributed by atoms with E-state index in [9.17, 15) is 9.18 Å². The average molecular weight is 332 g/mol. The third-order valence-corrected chi connectivity index (χ3v) is 3.95. The monoisotopic (exact) mass is 331 g/mol. The van der Waals surface area contributed by atoms with Crippen LogP contribution in [0.15, 0.2) is 47.1 Å². The number of H-pyrrole nitrogens is 1. The Morgan fingerprint density at radius 2 is 1.95 bits per heavy atom. The summed E-state index contributed by atoms with van der Waals surface area (Å²) in [6.07, 6.45) is 1.63. The Morgan fingerprint density at radius 1 is 1.15 bits per heavy atom. The Balaban J connectivity index is 2.15. The van der Waals surface area contributed by atoms with Crippen molar-refractivity contribution in [3.8, 4) is 0 Å². The molecule has 1 aromatic heterocycles. The fraction of sp³-hybridized carbons (Fsp3) is 0.0625. The molecule has 0 spiro atoms. The van der Waals surface area contributed by atoms with Gasteiger partial charge in [0.05, 0.1) is 0 Å². The molecule has 20 heavy (non-hydrogen) atoms. The fourth-order valence-corrected chi connectivity index (χ4v) is 2.67. The lowest BCUT2D eigenvalue weighted by Gasteiger charge is -2.04. The van der Waals surface area contributed by atoms with E-state index in [4.69, 9.17) is 0 Å². The highest BCUT2D eigenvalue weighted by molar-refractivity contribution is 9.10. The molecule has 0 amide bonds. The first-order valence-electron chi connectivity index (χ1n) is 6.14. The van der Waals surface area contributed by atoms with Gasteiger partial charge in [-0.25, -0.2) is 4.39 Å². The number of fused-ring (bicyclic) bond motifs is 1. The molecule has 0 saturated heterocycles. The zero-order valence-electron chi connectivity index (χ0n) is 10.7. The predicted molar refractivity (Wildman–Crippen MR) is 80.6 cm³/mol. The number of hydrogen-bond donors (Lipinski definition) is 1. The van der Waals surface area contributed by atoms with Crippen molar-refractivity contribution in [3.05, 3.63) is 69.6 Å². The highest BCUT2D eigenvalue weighted by Gasteiger charge is 2.17. The standard InChI is InChI=1S/C16H11BrFNO/c1-9-2-5-14(17)12(6-9)16(20)13-8-19-15-7-10(18)3-4-11(13)15/h2-8,19H,1H3. The average Bonchev–Trinajstić information content (AvgIpc) is 2.83. The van der Waals surface area contributed by atoms with E-state index in [1.807, 2.05) is 25.1 Å². The molecule has 0 atom stereocenters. The van der Waals surface area contributed by atoms with Gasteiger partial charge in [0, 0.05) is 32.7 Å². The summed E-state index contributed by atoms with van der Waals surface area (Å²) >= 11 is 3.40. The van der Waals surface area contributed by atoms with Gasteiger partial charge in [0.25, 0.3) is 0 Å². The van der Waals surface area contributed by atoms with Crippen molar-refractivity contribution in [1.82, 2.24) is 4.98 Å². The fourth-order valence-electron chi connectivity index (χ4n) is 2.24. The van der Waals surface area contributed by atoms with E-state index in [0.717, 1.165) is 15.4 Å². The van der Waals surface area contributed by atoms with Gasteiger partial charge in [0.15, 0.2) is 5.78 Å². The van der Waals surface area contributed by atoms with Crippen LogP contribution in [0.1, 0.15) is 21.5 Å². The van der Waals surface area contributed by atoms with E-state index in [1.165, 1.54) is 12.1 Å². The number of aryl methyl sites for hydroxylation is 1. The van der Waals surface area contributed by atoms with Crippen molar-refractivity contribution in [1.29, 1.82) is 0 Å². The molecular weight excluding hydrogens is 321 g/mol. The number of hydrogen-bond acceptors (Lipinski definition) is 1. The molecule has 0 fully saturated rings. The molecule has 0 unspecified atom stereocenters. The van der Waals surface area contributed by atoms with Crippen LogP contribution in [0.3, 0.4) is 0 Å². The topological polar surface area (TPSA) is 32.9 Å². The molecule has 0 aliphatic heterocycles. The Kier molecular flexibility index (Phi) is 3.18. The number of nitrogens with one attached hydrogen (secondary N) is 1. The predicted octanol–water partition coefficient (Wildman–Crippen LogP) is 4.61. The summed E-state index contributed by atoms with van der Waals surface area (Å²) in [5.41, 5.74) is 2.79. The van der Waals surface area contributed by atoms with Gasteiger partial charge < -0.3 is 4.98 Å². The van der Waals surface area contributed by atoms with Crippen molar-refractivity contribution in [2.24, 2.45) is 0 Å². The summed E-state index contributed by atoms with van der Waals surface area (Å²) in [5, 5.41) is 0.727. The summed E-state index contributed by atoms with van der Waals surface area (Å²) in [4.78, 5) is 15.6. The second kappa shape index (κ2) is 4.87. The Hall–Kier alpha value is -1.94. The van der Waals surface area contributed by atoms with Gasteiger partial charge in [-0.1, -0.05) is 27.6 Å². The van der Waals surface area contributed by atoms with Crippen LogP contribution in [0.2, 0.25) is 0 Å². The Labute approximate surface area is 123 Å². The smallest absolute Gasteiger partial charge is 0.196 e. The minimum atomic E-state index is -0.324. The highest BCUT2D eigenvalue weighted by atomic mass is 79.9. The second-order valence-corrected chi connectivity index (χ2v) is 5.56. The largest absolute Gasteiger partial charge is 0.360 e. The van der Waals surface area contributed by atoms with E-state index < -0.39 is 0 Å². The van der Waals surface area contributed by atoms with E-state index in [1.54, 1.807) is 12.3 Å². The van der Waals surface area contributed by atoms with Crippen LogP contribution < -0.4 is 0 Å². The zero-order chi connectivity index (χ0) is 14.3. The Morgan fingerprint density at radius 3 is 2.75 bits per heavy atom. The van der Waals surface area contributed by atoms with Crippen molar-refractivity contribution in [3.63, 3.8) is 0 Å². The number of carbonyl (C=O) groups excluding carboxylic acids is 1. The van der Waals surface area contributed by atoms with Crippen LogP contribution in [-0.2, 0) is 0 Å². The third kappa shape index (κ3) is 2.16. The van der Waals surface area contributed by atoms with Crippen molar-refractivity contribution < 1.29 is 9.18 Å². The molecule has 0 aliphatic carbocycles. The molecule has 0 radical (unpaired) electrons. The number of ketones is 1. The summed E-state index contributed by atoms with van der Waals surface area (Å²) in [6.45, 7) is 1.94. The van der Waals surface area contributed by atoms with Crippen LogP contribution in [-0.4, -0.2) is 10.8 Å². The molecule has 2 aromatic carbocycles. The van der Waals surface area contributed by atoms with E-state index in [2.05, 4.69) is 20.9 Å². The number of aromatic amines is 1. The van der Waals surface area contributed by atoms with Gasteiger partial charge in [-0.3, -0.25) is 4.79 Å². The maximum Gasteiger partial charge on any atom is 0.196 e. The van der Waals surface area contributed by atoms with Crippen LogP contribution in [0.5, 0.6) is 0 Å². The first-order chi connectivity index (χ1) is 9.56. The maximum absolute atomic E-state index is 13.2. The molecule has 2 nitrogen and oxygen atoms in total. The molecule has 1 heterocycles. The molecule has 3 aromatic rings. The van der Waals surface area contributed by atoms with Gasteiger partial charge >= 0.3 is 0 Å². The minimum absolute atomic E-state index is 0.0848. The molecule has 3 rings (SSSR count).